The van der Waals surface area contributed by atoms with Crippen LogP contribution in [0.3, 0.4) is 0 Å². The van der Waals surface area contributed by atoms with E-state index >= 15 is 0 Å². The van der Waals surface area contributed by atoms with E-state index in [1.807, 2.05) is 34.9 Å². The van der Waals surface area contributed by atoms with E-state index in [9.17, 15) is 13.2 Å². The molecule has 2 aromatic heterocycles. The maximum Gasteiger partial charge on any atom is 0.411 e. The number of halogens is 4. The number of hydrogen-bond acceptors (Lipinski definition) is 4. The van der Waals surface area contributed by atoms with Crippen molar-refractivity contribution >= 4 is 35.6 Å². The largest absolute Gasteiger partial charge is 0.411 e. The Morgan fingerprint density at radius 3 is 2.60 bits per heavy atom. The van der Waals surface area contributed by atoms with Crippen LogP contribution in [0, 0.1) is 0 Å². The van der Waals surface area contributed by atoms with Crippen LogP contribution in [0.1, 0.15) is 17.0 Å². The molecule has 2 heterocycles. The maximum atomic E-state index is 12.2. The normalized spacial score (nSPS) is 11.9. The number of nitrogens with one attached hydrogen (secondary N) is 2. The number of rotatable bonds is 7. The van der Waals surface area contributed by atoms with Gasteiger partial charge in [-0.25, -0.2) is 0 Å². The van der Waals surface area contributed by atoms with E-state index in [2.05, 4.69) is 25.8 Å². The van der Waals surface area contributed by atoms with Crippen molar-refractivity contribution < 1.29 is 17.9 Å². The Balaban J connectivity index is 0.00000320. The third kappa shape index (κ3) is 7.13. The summed E-state index contributed by atoms with van der Waals surface area (Å²) in [4.78, 5) is 4.17. The van der Waals surface area contributed by atoms with Crippen molar-refractivity contribution in [3.05, 3.63) is 65.6 Å². The summed E-state index contributed by atoms with van der Waals surface area (Å²) in [5.41, 5.74) is 2.33. The minimum absolute atomic E-state index is 0. The second kappa shape index (κ2) is 11.1. The summed E-state index contributed by atoms with van der Waals surface area (Å²) >= 11 is 0. The van der Waals surface area contributed by atoms with Crippen molar-refractivity contribution in [2.45, 2.75) is 25.9 Å². The zero-order valence-electron chi connectivity index (χ0n) is 16.2. The monoisotopic (exact) mass is 534 g/mol. The lowest BCUT2D eigenvalue weighted by Crippen LogP contribution is -2.36. The zero-order chi connectivity index (χ0) is 20.7. The van der Waals surface area contributed by atoms with E-state index < -0.39 is 12.8 Å². The number of alkyl halides is 3. The molecule has 0 spiro atoms. The lowest BCUT2D eigenvalue weighted by atomic mass is 10.1. The minimum Gasteiger partial charge on any atom is -0.367 e. The first kappa shape index (κ1) is 23.9. The third-order valence-corrected chi connectivity index (χ3v) is 4.01. The van der Waals surface area contributed by atoms with Gasteiger partial charge in [0, 0.05) is 19.8 Å². The SMILES string of the molecule is CN=C(NCc1cccc(COCC(F)(F)F)c1)NCc1nnc2ccccn12.I. The highest BCUT2D eigenvalue weighted by molar-refractivity contribution is 14.0. The summed E-state index contributed by atoms with van der Waals surface area (Å²) in [6, 6.07) is 12.8. The highest BCUT2D eigenvalue weighted by Crippen LogP contribution is 2.16. The Bertz CT molecular complexity index is 976. The minimum atomic E-state index is -4.33. The first-order valence-electron chi connectivity index (χ1n) is 8.90. The van der Waals surface area contributed by atoms with Gasteiger partial charge in [-0.05, 0) is 23.3 Å². The Hall–Kier alpha value is -2.41. The van der Waals surface area contributed by atoms with Crippen LogP contribution in [0.2, 0.25) is 0 Å². The van der Waals surface area contributed by atoms with Gasteiger partial charge in [0.05, 0.1) is 13.2 Å². The van der Waals surface area contributed by atoms with Crippen molar-refractivity contribution in [3.63, 3.8) is 0 Å². The van der Waals surface area contributed by atoms with Crippen molar-refractivity contribution in [1.82, 2.24) is 25.2 Å². The van der Waals surface area contributed by atoms with Crippen molar-refractivity contribution in [3.8, 4) is 0 Å². The molecule has 162 valence electrons. The zero-order valence-corrected chi connectivity index (χ0v) is 18.5. The number of nitrogens with zero attached hydrogens (tertiary/aromatic N) is 4. The predicted octanol–water partition coefficient (Wildman–Crippen LogP) is 3.29. The van der Waals surface area contributed by atoms with Crippen LogP contribution in [0.25, 0.3) is 5.65 Å². The van der Waals surface area contributed by atoms with E-state index in [0.29, 0.717) is 24.6 Å². The van der Waals surface area contributed by atoms with Crippen LogP contribution in [0.4, 0.5) is 13.2 Å². The topological polar surface area (TPSA) is 75.8 Å². The number of fused-ring (bicyclic) bond motifs is 1. The number of hydrogen-bond donors (Lipinski definition) is 2. The van der Waals surface area contributed by atoms with Gasteiger partial charge in [0.1, 0.15) is 6.61 Å². The summed E-state index contributed by atoms with van der Waals surface area (Å²) in [6.07, 6.45) is -2.44. The Labute approximate surface area is 188 Å². The molecule has 0 fully saturated rings. The van der Waals surface area contributed by atoms with Crippen LogP contribution in [-0.4, -0.2) is 40.4 Å². The molecular formula is C19H22F3IN6O. The number of aromatic nitrogens is 3. The van der Waals surface area contributed by atoms with Gasteiger partial charge in [-0.15, -0.1) is 34.2 Å². The van der Waals surface area contributed by atoms with E-state index in [-0.39, 0.29) is 30.6 Å². The van der Waals surface area contributed by atoms with Gasteiger partial charge in [0.25, 0.3) is 0 Å². The van der Waals surface area contributed by atoms with Gasteiger partial charge in [0.2, 0.25) is 0 Å². The van der Waals surface area contributed by atoms with Crippen LogP contribution < -0.4 is 10.6 Å². The standard InChI is InChI=1S/C19H21F3N6O.HI/c1-23-18(25-11-17-27-26-16-7-2-3-8-28(16)17)24-10-14-5-4-6-15(9-14)12-29-13-19(20,21)22;/h2-9H,10-13H2,1H3,(H2,23,24,25);1H. The number of aliphatic imine (C=N–C) groups is 1. The van der Waals surface area contributed by atoms with E-state index in [4.69, 9.17) is 4.74 Å². The summed E-state index contributed by atoms with van der Waals surface area (Å²) in [5.74, 6) is 1.31. The predicted molar refractivity (Wildman–Crippen MR) is 118 cm³/mol. The molecule has 0 saturated heterocycles. The molecule has 2 N–H and O–H groups in total. The molecule has 0 aliphatic rings. The second-order valence-corrected chi connectivity index (χ2v) is 6.25. The molecule has 0 bridgehead atoms. The van der Waals surface area contributed by atoms with E-state index in [1.54, 1.807) is 25.2 Å². The highest BCUT2D eigenvalue weighted by Gasteiger charge is 2.27. The molecule has 7 nitrogen and oxygen atoms in total. The molecule has 0 unspecified atom stereocenters. The highest BCUT2D eigenvalue weighted by atomic mass is 127. The third-order valence-electron chi connectivity index (χ3n) is 4.01. The Morgan fingerprint density at radius 2 is 1.83 bits per heavy atom. The van der Waals surface area contributed by atoms with Crippen LogP contribution >= 0.6 is 24.0 Å². The molecule has 0 amide bonds. The van der Waals surface area contributed by atoms with Gasteiger partial charge in [-0.3, -0.25) is 9.39 Å². The van der Waals surface area contributed by atoms with Gasteiger partial charge in [0.15, 0.2) is 17.4 Å². The lowest BCUT2D eigenvalue weighted by Gasteiger charge is -2.12. The summed E-state index contributed by atoms with van der Waals surface area (Å²) in [7, 11) is 1.65. The molecule has 30 heavy (non-hydrogen) atoms. The van der Waals surface area contributed by atoms with E-state index in [1.165, 1.54) is 0 Å². The average molecular weight is 534 g/mol. The molecule has 3 aromatic rings. The summed E-state index contributed by atoms with van der Waals surface area (Å²) < 4.78 is 43.1. The van der Waals surface area contributed by atoms with Crippen LogP contribution in [0.15, 0.2) is 53.7 Å². The Morgan fingerprint density at radius 1 is 1.07 bits per heavy atom. The number of guanidine groups is 1. The van der Waals surface area contributed by atoms with Crippen molar-refractivity contribution in [1.29, 1.82) is 0 Å². The fourth-order valence-electron chi connectivity index (χ4n) is 2.69. The van der Waals surface area contributed by atoms with Crippen LogP contribution in [-0.2, 0) is 24.4 Å². The maximum absolute atomic E-state index is 12.2. The number of pyridine rings is 1. The molecule has 1 aromatic carbocycles. The van der Waals surface area contributed by atoms with Gasteiger partial charge >= 0.3 is 6.18 Å². The van der Waals surface area contributed by atoms with Gasteiger partial charge < -0.3 is 15.4 Å². The Kier molecular flexibility index (Phi) is 8.84. The molecule has 0 aliphatic carbocycles. The van der Waals surface area contributed by atoms with Gasteiger partial charge in [-0.1, -0.05) is 30.3 Å². The first-order valence-corrected chi connectivity index (χ1v) is 8.90. The number of ether oxygens (including phenoxy) is 1. The van der Waals surface area contributed by atoms with Crippen molar-refractivity contribution in [2.75, 3.05) is 13.7 Å². The van der Waals surface area contributed by atoms with Crippen molar-refractivity contribution in [2.24, 2.45) is 4.99 Å². The molecule has 3 rings (SSSR count). The van der Waals surface area contributed by atoms with Gasteiger partial charge in [-0.2, -0.15) is 13.2 Å². The fourth-order valence-corrected chi connectivity index (χ4v) is 2.69. The summed E-state index contributed by atoms with van der Waals surface area (Å²) in [6.45, 7) is -0.479. The second-order valence-electron chi connectivity index (χ2n) is 6.25. The molecule has 0 aliphatic heterocycles. The fraction of sp³-hybridized carbons (Fsp3) is 0.316. The molecule has 0 radical (unpaired) electrons. The quantitative estimate of drug-likeness (QED) is 0.277. The summed E-state index contributed by atoms with van der Waals surface area (Å²) in [5, 5.41) is 14.6. The molecular weight excluding hydrogens is 512 g/mol. The van der Waals surface area contributed by atoms with Crippen LogP contribution in [0.5, 0.6) is 0 Å². The average Bonchev–Trinajstić information content (AvgIpc) is 3.11. The lowest BCUT2D eigenvalue weighted by molar-refractivity contribution is -0.176. The smallest absolute Gasteiger partial charge is 0.367 e. The molecule has 11 heteroatoms. The number of benzene rings is 1. The molecule has 0 atom stereocenters. The molecule has 0 saturated carbocycles. The first-order chi connectivity index (χ1) is 13.9. The van der Waals surface area contributed by atoms with E-state index in [0.717, 1.165) is 17.0 Å².